The molecule has 0 heterocycles. The molecule has 0 saturated carbocycles. The zero-order valence-corrected chi connectivity index (χ0v) is 12.1. The topological polar surface area (TPSA) is 50.7 Å². The molecule has 0 aliphatic rings. The normalized spacial score (nSPS) is 12.4. The Bertz CT molecular complexity index is 396. The largest absolute Gasteiger partial charge is 0.496 e. The molecule has 0 amide bonds. The van der Waals surface area contributed by atoms with E-state index in [2.05, 4.69) is 21.2 Å². The Morgan fingerprint density at radius 3 is 2.41 bits per heavy atom. The summed E-state index contributed by atoms with van der Waals surface area (Å²) in [5, 5.41) is 13.0. The fraction of sp³-hybridized carbons (Fsp3) is 0.500. The number of ether oxygens (including phenoxy) is 2. The molecular formula is C12H18BrNO3. The van der Waals surface area contributed by atoms with E-state index in [-0.39, 0.29) is 0 Å². The predicted octanol–water partition coefficient (Wildman–Crippen LogP) is 2.03. The second-order valence-electron chi connectivity index (χ2n) is 3.71. The zero-order chi connectivity index (χ0) is 13.0. The smallest absolute Gasteiger partial charge is 0.139 e. The van der Waals surface area contributed by atoms with E-state index in [1.165, 1.54) is 0 Å². The maximum atomic E-state index is 10.0. The molecule has 0 aliphatic heterocycles. The molecule has 17 heavy (non-hydrogen) atoms. The molecule has 0 saturated heterocycles. The van der Waals surface area contributed by atoms with Crippen molar-refractivity contribution in [1.29, 1.82) is 0 Å². The predicted molar refractivity (Wildman–Crippen MR) is 70.9 cm³/mol. The van der Waals surface area contributed by atoms with Crippen LogP contribution < -0.4 is 14.8 Å². The molecular weight excluding hydrogens is 286 g/mol. The van der Waals surface area contributed by atoms with Crippen LogP contribution in [0.3, 0.4) is 0 Å². The fourth-order valence-electron chi connectivity index (χ4n) is 1.84. The summed E-state index contributed by atoms with van der Waals surface area (Å²) in [7, 11) is 4.99. The summed E-state index contributed by atoms with van der Waals surface area (Å²) in [6.45, 7) is 2.37. The number of hydrogen-bond donors (Lipinski definition) is 2. The lowest BCUT2D eigenvalue weighted by molar-refractivity contribution is 0.173. The molecule has 0 fully saturated rings. The third kappa shape index (κ3) is 2.91. The van der Waals surface area contributed by atoms with E-state index in [0.717, 1.165) is 21.3 Å². The minimum Gasteiger partial charge on any atom is -0.496 e. The molecule has 0 radical (unpaired) electrons. The van der Waals surface area contributed by atoms with E-state index in [4.69, 9.17) is 9.47 Å². The third-order valence-corrected chi connectivity index (χ3v) is 3.20. The molecule has 2 N–H and O–H groups in total. The zero-order valence-electron chi connectivity index (χ0n) is 10.5. The SMILES string of the molecule is CNCC(O)c1cc(Br)c(OC)c(C)c1OC. The van der Waals surface area contributed by atoms with E-state index in [0.29, 0.717) is 12.3 Å². The summed E-state index contributed by atoms with van der Waals surface area (Å²) < 4.78 is 11.5. The Morgan fingerprint density at radius 1 is 1.35 bits per heavy atom. The van der Waals surface area contributed by atoms with Gasteiger partial charge in [-0.3, -0.25) is 0 Å². The van der Waals surface area contributed by atoms with Crippen molar-refractivity contribution in [3.63, 3.8) is 0 Å². The number of hydrogen-bond acceptors (Lipinski definition) is 4. The molecule has 0 aliphatic carbocycles. The second-order valence-corrected chi connectivity index (χ2v) is 4.57. The molecule has 96 valence electrons. The van der Waals surface area contributed by atoms with Crippen LogP contribution in [0.4, 0.5) is 0 Å². The van der Waals surface area contributed by atoms with E-state index in [9.17, 15) is 5.11 Å². The lowest BCUT2D eigenvalue weighted by Crippen LogP contribution is -2.17. The van der Waals surface area contributed by atoms with E-state index < -0.39 is 6.10 Å². The van der Waals surface area contributed by atoms with Crippen molar-refractivity contribution in [3.8, 4) is 11.5 Å². The summed E-state index contributed by atoms with van der Waals surface area (Å²) in [5.74, 6) is 1.38. The molecule has 0 bridgehead atoms. The van der Waals surface area contributed by atoms with Crippen molar-refractivity contribution in [1.82, 2.24) is 5.32 Å². The summed E-state index contributed by atoms with van der Waals surface area (Å²) in [6.07, 6.45) is -0.615. The number of halogens is 1. The standard InChI is InChI=1S/C12H18BrNO3/c1-7-11(16-3)8(10(15)6-14-2)5-9(13)12(7)17-4/h5,10,14-15H,6H2,1-4H3. The fourth-order valence-corrected chi connectivity index (χ4v) is 2.54. The Hall–Kier alpha value is -0.780. The Kier molecular flexibility index (Phi) is 5.24. The van der Waals surface area contributed by atoms with Gasteiger partial charge in [0.1, 0.15) is 11.5 Å². The van der Waals surface area contributed by atoms with Gasteiger partial charge in [-0.25, -0.2) is 0 Å². The summed E-state index contributed by atoms with van der Waals surface area (Å²) in [6, 6.07) is 1.83. The van der Waals surface area contributed by atoms with Gasteiger partial charge in [0, 0.05) is 17.7 Å². The van der Waals surface area contributed by atoms with Crippen LogP contribution in [0.25, 0.3) is 0 Å². The number of benzene rings is 1. The molecule has 4 nitrogen and oxygen atoms in total. The second kappa shape index (κ2) is 6.23. The number of methoxy groups -OCH3 is 2. The van der Waals surface area contributed by atoms with Gasteiger partial charge in [-0.05, 0) is 36.0 Å². The van der Waals surface area contributed by atoms with Crippen LogP contribution in [-0.4, -0.2) is 32.9 Å². The van der Waals surface area contributed by atoms with Gasteiger partial charge in [0.05, 0.1) is 24.8 Å². The average molecular weight is 304 g/mol. The van der Waals surface area contributed by atoms with Gasteiger partial charge in [0.25, 0.3) is 0 Å². The first kappa shape index (κ1) is 14.3. The number of rotatable bonds is 5. The lowest BCUT2D eigenvalue weighted by Gasteiger charge is -2.19. The van der Waals surface area contributed by atoms with Gasteiger partial charge in [-0.2, -0.15) is 0 Å². The van der Waals surface area contributed by atoms with Crippen molar-refractivity contribution in [2.24, 2.45) is 0 Å². The van der Waals surface area contributed by atoms with Crippen molar-refractivity contribution in [2.45, 2.75) is 13.0 Å². The highest BCUT2D eigenvalue weighted by Gasteiger charge is 2.19. The molecule has 5 heteroatoms. The van der Waals surface area contributed by atoms with Crippen LogP contribution in [0.5, 0.6) is 11.5 Å². The molecule has 1 atom stereocenters. The first-order chi connectivity index (χ1) is 8.06. The minimum absolute atomic E-state index is 0.467. The lowest BCUT2D eigenvalue weighted by atomic mass is 10.0. The minimum atomic E-state index is -0.615. The summed E-state index contributed by atoms with van der Waals surface area (Å²) >= 11 is 3.43. The monoisotopic (exact) mass is 303 g/mol. The third-order valence-electron chi connectivity index (χ3n) is 2.61. The van der Waals surface area contributed by atoms with Crippen molar-refractivity contribution in [2.75, 3.05) is 27.8 Å². The van der Waals surface area contributed by atoms with Gasteiger partial charge >= 0.3 is 0 Å². The highest BCUT2D eigenvalue weighted by molar-refractivity contribution is 9.10. The molecule has 0 aromatic heterocycles. The number of aliphatic hydroxyl groups is 1. The highest BCUT2D eigenvalue weighted by atomic mass is 79.9. The quantitative estimate of drug-likeness (QED) is 0.874. The average Bonchev–Trinajstić information content (AvgIpc) is 2.29. The number of nitrogens with one attached hydrogen (secondary N) is 1. The maximum absolute atomic E-state index is 10.0. The Labute approximate surface area is 110 Å². The highest BCUT2D eigenvalue weighted by Crippen LogP contribution is 2.40. The van der Waals surface area contributed by atoms with Gasteiger partial charge in [0.15, 0.2) is 0 Å². The van der Waals surface area contributed by atoms with E-state index >= 15 is 0 Å². The molecule has 1 aromatic rings. The number of aliphatic hydroxyl groups excluding tert-OH is 1. The maximum Gasteiger partial charge on any atom is 0.139 e. The van der Waals surface area contributed by atoms with Crippen LogP contribution in [0.15, 0.2) is 10.5 Å². The molecule has 1 aromatic carbocycles. The van der Waals surface area contributed by atoms with E-state index in [1.54, 1.807) is 21.3 Å². The van der Waals surface area contributed by atoms with Gasteiger partial charge in [-0.1, -0.05) is 0 Å². The van der Waals surface area contributed by atoms with Crippen LogP contribution >= 0.6 is 15.9 Å². The van der Waals surface area contributed by atoms with Crippen molar-refractivity contribution in [3.05, 3.63) is 21.7 Å². The molecule has 0 spiro atoms. The van der Waals surface area contributed by atoms with Gasteiger partial charge in [-0.15, -0.1) is 0 Å². The summed E-state index contributed by atoms with van der Waals surface area (Å²) in [4.78, 5) is 0. The van der Waals surface area contributed by atoms with Gasteiger partial charge < -0.3 is 19.9 Å². The number of likely N-dealkylation sites (N-methyl/N-ethyl adjacent to an activating group) is 1. The van der Waals surface area contributed by atoms with E-state index in [1.807, 2.05) is 13.0 Å². The van der Waals surface area contributed by atoms with Crippen LogP contribution in [-0.2, 0) is 0 Å². The summed E-state index contributed by atoms with van der Waals surface area (Å²) in [5.41, 5.74) is 1.61. The Balaban J connectivity index is 3.31. The Morgan fingerprint density at radius 2 is 1.94 bits per heavy atom. The molecule has 1 unspecified atom stereocenters. The van der Waals surface area contributed by atoms with Crippen LogP contribution in [0.1, 0.15) is 17.2 Å². The van der Waals surface area contributed by atoms with Crippen LogP contribution in [0, 0.1) is 6.92 Å². The van der Waals surface area contributed by atoms with Crippen molar-refractivity contribution >= 4 is 15.9 Å². The first-order valence-electron chi connectivity index (χ1n) is 5.30. The molecule has 1 rings (SSSR count). The first-order valence-corrected chi connectivity index (χ1v) is 6.09. The van der Waals surface area contributed by atoms with Crippen LogP contribution in [0.2, 0.25) is 0 Å². The van der Waals surface area contributed by atoms with Crippen molar-refractivity contribution < 1.29 is 14.6 Å². The van der Waals surface area contributed by atoms with Gasteiger partial charge in [0.2, 0.25) is 0 Å².